The predicted molar refractivity (Wildman–Crippen MR) is 98.8 cm³/mol. The maximum absolute atomic E-state index is 12.5. The summed E-state index contributed by atoms with van der Waals surface area (Å²) in [4.78, 5) is 28.5. The molecule has 0 amide bonds. The van der Waals surface area contributed by atoms with E-state index in [1.807, 2.05) is 19.9 Å². The van der Waals surface area contributed by atoms with Gasteiger partial charge in [0.25, 0.3) is 0 Å². The van der Waals surface area contributed by atoms with Crippen LogP contribution in [0.5, 0.6) is 5.88 Å². The molecule has 0 bridgehead atoms. The molecule has 6 heteroatoms. The van der Waals surface area contributed by atoms with Crippen molar-refractivity contribution in [1.82, 2.24) is 9.55 Å². The van der Waals surface area contributed by atoms with Gasteiger partial charge >= 0.3 is 5.97 Å². The van der Waals surface area contributed by atoms with Gasteiger partial charge in [0.15, 0.2) is 6.61 Å². The van der Waals surface area contributed by atoms with E-state index in [1.165, 1.54) is 13.3 Å². The SMILES string of the molecule is COc1ccc(C(=O)OCC(=O)c2cc(C)n(CCC(C)C)c2C)cn1. The summed E-state index contributed by atoms with van der Waals surface area (Å²) >= 11 is 0. The number of rotatable bonds is 8. The quantitative estimate of drug-likeness (QED) is 0.533. The topological polar surface area (TPSA) is 70.4 Å². The maximum Gasteiger partial charge on any atom is 0.340 e. The Balaban J connectivity index is 2.01. The molecule has 0 atom stereocenters. The Morgan fingerprint density at radius 1 is 1.23 bits per heavy atom. The number of Topliss-reactive ketones (excluding diaryl/α,β-unsaturated/α-hetero) is 1. The van der Waals surface area contributed by atoms with E-state index in [-0.39, 0.29) is 18.0 Å². The summed E-state index contributed by atoms with van der Waals surface area (Å²) < 4.78 is 12.2. The van der Waals surface area contributed by atoms with Crippen LogP contribution in [0.15, 0.2) is 24.4 Å². The zero-order chi connectivity index (χ0) is 19.3. The summed E-state index contributed by atoms with van der Waals surface area (Å²) in [5.41, 5.74) is 2.83. The molecule has 0 saturated carbocycles. The molecular weight excluding hydrogens is 332 g/mol. The molecule has 0 aromatic carbocycles. The molecule has 0 spiro atoms. The monoisotopic (exact) mass is 358 g/mol. The van der Waals surface area contributed by atoms with Crippen LogP contribution in [-0.4, -0.2) is 35.0 Å². The minimum atomic E-state index is -0.581. The lowest BCUT2D eigenvalue weighted by atomic mass is 10.1. The van der Waals surface area contributed by atoms with Crippen molar-refractivity contribution in [1.29, 1.82) is 0 Å². The second kappa shape index (κ2) is 8.65. The molecule has 26 heavy (non-hydrogen) atoms. The van der Waals surface area contributed by atoms with Crippen LogP contribution in [-0.2, 0) is 11.3 Å². The van der Waals surface area contributed by atoms with Gasteiger partial charge in [-0.15, -0.1) is 0 Å². The number of hydrogen-bond acceptors (Lipinski definition) is 5. The zero-order valence-electron chi connectivity index (χ0n) is 16.0. The lowest BCUT2D eigenvalue weighted by Crippen LogP contribution is -2.15. The summed E-state index contributed by atoms with van der Waals surface area (Å²) in [6, 6.07) is 4.98. The largest absolute Gasteiger partial charge is 0.481 e. The van der Waals surface area contributed by atoms with Gasteiger partial charge in [0.05, 0.1) is 12.7 Å². The number of methoxy groups -OCH3 is 1. The van der Waals surface area contributed by atoms with Gasteiger partial charge in [-0.2, -0.15) is 0 Å². The molecule has 2 aromatic heterocycles. The highest BCUT2D eigenvalue weighted by molar-refractivity contribution is 6.00. The Bertz CT molecular complexity index is 776. The van der Waals surface area contributed by atoms with E-state index in [9.17, 15) is 9.59 Å². The highest BCUT2D eigenvalue weighted by Crippen LogP contribution is 2.18. The third-order valence-corrected chi connectivity index (χ3v) is 4.32. The second-order valence-corrected chi connectivity index (χ2v) is 6.71. The smallest absolute Gasteiger partial charge is 0.340 e. The summed E-state index contributed by atoms with van der Waals surface area (Å²) in [6.45, 7) is 8.84. The van der Waals surface area contributed by atoms with Gasteiger partial charge in [-0.3, -0.25) is 4.79 Å². The molecule has 6 nitrogen and oxygen atoms in total. The van der Waals surface area contributed by atoms with Crippen molar-refractivity contribution in [2.24, 2.45) is 5.92 Å². The van der Waals surface area contributed by atoms with Gasteiger partial charge in [0.1, 0.15) is 0 Å². The first-order chi connectivity index (χ1) is 12.3. The molecule has 0 N–H and O–H groups in total. The molecule has 0 aliphatic carbocycles. The number of ketones is 1. The van der Waals surface area contributed by atoms with Crippen LogP contribution in [0.3, 0.4) is 0 Å². The van der Waals surface area contributed by atoms with Gasteiger partial charge in [-0.05, 0) is 38.3 Å². The van der Waals surface area contributed by atoms with Crippen LogP contribution in [0.4, 0.5) is 0 Å². The van der Waals surface area contributed by atoms with Crippen molar-refractivity contribution in [3.05, 3.63) is 46.9 Å². The standard InChI is InChI=1S/C20H26N2O4/c1-13(2)8-9-22-14(3)10-17(15(22)4)18(23)12-26-20(24)16-6-7-19(25-5)21-11-16/h6-7,10-11,13H,8-9,12H2,1-5H3. The number of aromatic nitrogens is 2. The number of carbonyl (C=O) groups excluding carboxylic acids is 2. The third kappa shape index (κ3) is 4.71. The second-order valence-electron chi connectivity index (χ2n) is 6.71. The van der Waals surface area contributed by atoms with Crippen molar-refractivity contribution in [2.45, 2.75) is 40.7 Å². The van der Waals surface area contributed by atoms with Crippen molar-refractivity contribution in [3.63, 3.8) is 0 Å². The van der Waals surface area contributed by atoms with E-state index in [4.69, 9.17) is 9.47 Å². The highest BCUT2D eigenvalue weighted by atomic mass is 16.5. The van der Waals surface area contributed by atoms with E-state index in [2.05, 4.69) is 23.4 Å². The van der Waals surface area contributed by atoms with E-state index >= 15 is 0 Å². The molecule has 2 aromatic rings. The van der Waals surface area contributed by atoms with Crippen LogP contribution in [0.1, 0.15) is 52.4 Å². The van der Waals surface area contributed by atoms with Crippen molar-refractivity contribution < 1.29 is 19.1 Å². The van der Waals surface area contributed by atoms with E-state index in [1.54, 1.807) is 12.1 Å². The first kappa shape index (κ1) is 19.7. The zero-order valence-corrected chi connectivity index (χ0v) is 16.0. The maximum atomic E-state index is 12.5. The first-order valence-corrected chi connectivity index (χ1v) is 8.70. The molecule has 2 rings (SSSR count). The normalized spacial score (nSPS) is 10.8. The molecule has 0 saturated heterocycles. The number of hydrogen-bond donors (Lipinski definition) is 0. The van der Waals surface area contributed by atoms with E-state index in [0.29, 0.717) is 17.4 Å². The average molecular weight is 358 g/mol. The molecule has 0 radical (unpaired) electrons. The molecule has 140 valence electrons. The van der Waals surface area contributed by atoms with Gasteiger partial charge in [0, 0.05) is 35.8 Å². The number of pyridine rings is 1. The third-order valence-electron chi connectivity index (χ3n) is 4.32. The average Bonchev–Trinajstić information content (AvgIpc) is 2.91. The fourth-order valence-electron chi connectivity index (χ4n) is 2.73. The molecule has 0 aliphatic heterocycles. The van der Waals surface area contributed by atoms with Crippen LogP contribution in [0.2, 0.25) is 0 Å². The Hall–Kier alpha value is -2.63. The van der Waals surface area contributed by atoms with Crippen LogP contribution in [0.25, 0.3) is 0 Å². The summed E-state index contributed by atoms with van der Waals surface area (Å²) in [5, 5.41) is 0. The van der Waals surface area contributed by atoms with Crippen LogP contribution < -0.4 is 4.74 Å². The Kier molecular flexibility index (Phi) is 6.55. The lowest BCUT2D eigenvalue weighted by Gasteiger charge is -2.11. The van der Waals surface area contributed by atoms with Crippen LogP contribution in [0, 0.1) is 19.8 Å². The highest BCUT2D eigenvalue weighted by Gasteiger charge is 2.18. The molecule has 0 aliphatic rings. The van der Waals surface area contributed by atoms with Gasteiger partial charge in [-0.25, -0.2) is 9.78 Å². The van der Waals surface area contributed by atoms with E-state index in [0.717, 1.165) is 24.4 Å². The fourth-order valence-corrected chi connectivity index (χ4v) is 2.73. The first-order valence-electron chi connectivity index (χ1n) is 8.70. The van der Waals surface area contributed by atoms with Crippen molar-refractivity contribution in [3.8, 4) is 5.88 Å². The van der Waals surface area contributed by atoms with Crippen molar-refractivity contribution >= 4 is 11.8 Å². The predicted octanol–water partition coefficient (Wildman–Crippen LogP) is 3.59. The Morgan fingerprint density at radius 3 is 2.54 bits per heavy atom. The fraction of sp³-hybridized carbons (Fsp3) is 0.450. The number of nitrogens with zero attached hydrogens (tertiary/aromatic N) is 2. The molecular formula is C20H26N2O4. The van der Waals surface area contributed by atoms with Crippen molar-refractivity contribution in [2.75, 3.05) is 13.7 Å². The number of carbonyl (C=O) groups is 2. The minimum absolute atomic E-state index is 0.205. The Morgan fingerprint density at radius 2 is 1.96 bits per heavy atom. The van der Waals surface area contributed by atoms with E-state index < -0.39 is 5.97 Å². The minimum Gasteiger partial charge on any atom is -0.481 e. The van der Waals surface area contributed by atoms with Gasteiger partial charge in [-0.1, -0.05) is 13.8 Å². The summed E-state index contributed by atoms with van der Waals surface area (Å²) in [5.74, 6) is 0.215. The van der Waals surface area contributed by atoms with Gasteiger partial charge in [0.2, 0.25) is 11.7 Å². The Labute approximate surface area is 154 Å². The van der Waals surface area contributed by atoms with Gasteiger partial charge < -0.3 is 14.0 Å². The summed E-state index contributed by atoms with van der Waals surface area (Å²) in [7, 11) is 1.50. The number of ether oxygens (including phenoxy) is 2. The number of aryl methyl sites for hydroxylation is 1. The summed E-state index contributed by atoms with van der Waals surface area (Å²) in [6.07, 6.45) is 2.41. The molecule has 0 unspecified atom stereocenters. The lowest BCUT2D eigenvalue weighted by molar-refractivity contribution is 0.0474. The van der Waals surface area contributed by atoms with Crippen LogP contribution >= 0.6 is 0 Å². The number of esters is 1. The molecule has 2 heterocycles. The molecule has 0 fully saturated rings.